The molecule has 0 unspecified atom stereocenters. The molecule has 0 aliphatic rings. The minimum Gasteiger partial charge on any atom is -0.481 e. The molecule has 0 heterocycles. The zero-order chi connectivity index (χ0) is 8.15. The van der Waals surface area contributed by atoms with Crippen LogP contribution >= 0.6 is 0 Å². The molecule has 0 aliphatic heterocycles. The van der Waals surface area contributed by atoms with Gasteiger partial charge in [0.05, 0.1) is 6.42 Å². The monoisotopic (exact) mass is 207 g/mol. The average molecular weight is 208 g/mol. The topological polar surface area (TPSA) is 74.6 Å². The van der Waals surface area contributed by atoms with Crippen LogP contribution in [0.1, 0.15) is 13.3 Å². The first-order chi connectivity index (χ1) is 4.54. The molecule has 4 nitrogen and oxygen atoms in total. The van der Waals surface area contributed by atoms with Crippen molar-refractivity contribution >= 4 is 11.9 Å². The Kier molecular flexibility index (Phi) is 6.94. The molecule has 5 heteroatoms. The molecule has 0 bridgehead atoms. The van der Waals surface area contributed by atoms with Crippen LogP contribution in [-0.2, 0) is 26.7 Å². The van der Waals surface area contributed by atoms with E-state index in [1.165, 1.54) is 6.92 Å². The summed E-state index contributed by atoms with van der Waals surface area (Å²) in [5.41, 5.74) is 0.0578. The molecule has 0 rings (SSSR count). The van der Waals surface area contributed by atoms with Gasteiger partial charge in [-0.1, -0.05) is 6.08 Å². The van der Waals surface area contributed by atoms with E-state index in [9.17, 15) is 9.59 Å². The first-order valence-corrected chi connectivity index (χ1v) is 2.66. The molecule has 0 atom stereocenters. The van der Waals surface area contributed by atoms with Gasteiger partial charge in [0.15, 0.2) is 0 Å². The van der Waals surface area contributed by atoms with Gasteiger partial charge in [-0.05, 0) is 6.92 Å². The third-order valence-corrected chi connectivity index (χ3v) is 0.920. The quantitative estimate of drug-likeness (QED) is 0.522. The third-order valence-electron chi connectivity index (χ3n) is 0.920. The van der Waals surface area contributed by atoms with E-state index in [-0.39, 0.29) is 29.1 Å². The number of rotatable bonds is 3. The second-order valence-corrected chi connectivity index (χ2v) is 1.79. The van der Waals surface area contributed by atoms with Crippen LogP contribution in [0.5, 0.6) is 0 Å². The molecule has 0 saturated heterocycles. The van der Waals surface area contributed by atoms with Crippen molar-refractivity contribution in [3.05, 3.63) is 11.6 Å². The maximum absolute atomic E-state index is 10.1. The predicted molar refractivity (Wildman–Crippen MR) is 33.6 cm³/mol. The second kappa shape index (κ2) is 5.95. The van der Waals surface area contributed by atoms with E-state index in [1.54, 1.807) is 0 Å². The number of carboxylic acids is 2. The number of hydrogen-bond acceptors (Lipinski definition) is 2. The van der Waals surface area contributed by atoms with Crippen LogP contribution in [-0.4, -0.2) is 22.2 Å². The predicted octanol–water partition coefficient (Wildman–Crippen LogP) is 0.490. The summed E-state index contributed by atoms with van der Waals surface area (Å²) in [4.78, 5) is 19.9. The Labute approximate surface area is 74.4 Å². The van der Waals surface area contributed by atoms with E-state index < -0.39 is 11.9 Å². The largest absolute Gasteiger partial charge is 0.481 e. The van der Waals surface area contributed by atoms with Gasteiger partial charge in [0.2, 0.25) is 0 Å². The van der Waals surface area contributed by atoms with E-state index in [0.29, 0.717) is 0 Å². The zero-order valence-corrected chi connectivity index (χ0v) is 6.74. The average Bonchev–Trinajstić information content (AvgIpc) is 1.82. The molecule has 0 aliphatic carbocycles. The van der Waals surface area contributed by atoms with E-state index >= 15 is 0 Å². The van der Waals surface area contributed by atoms with Crippen LogP contribution in [0, 0.1) is 0 Å². The Morgan fingerprint density at radius 2 is 1.82 bits per heavy atom. The molecule has 0 aromatic rings. The Hall–Kier alpha value is -0.801. The molecule has 2 N–H and O–H groups in total. The van der Waals surface area contributed by atoms with E-state index in [2.05, 4.69) is 0 Å². The number of carbonyl (C=O) groups is 2. The smallest absolute Gasteiger partial charge is 0.330 e. The first-order valence-electron chi connectivity index (χ1n) is 2.66. The Morgan fingerprint density at radius 3 is 2.09 bits per heavy atom. The minimum absolute atomic E-state index is 0. The summed E-state index contributed by atoms with van der Waals surface area (Å²) in [6.45, 7) is 1.35. The molecule has 1 radical (unpaired) electrons. The van der Waals surface area contributed by atoms with E-state index in [1.807, 2.05) is 0 Å². The summed E-state index contributed by atoms with van der Waals surface area (Å²) in [6.07, 6.45) is 0.919. The molecule has 11 heavy (non-hydrogen) atoms. The first kappa shape index (κ1) is 12.8. The van der Waals surface area contributed by atoms with Crippen molar-refractivity contribution in [2.75, 3.05) is 0 Å². The van der Waals surface area contributed by atoms with Gasteiger partial charge in [-0.2, -0.15) is 0 Å². The van der Waals surface area contributed by atoms with Crippen LogP contribution < -0.4 is 0 Å². The summed E-state index contributed by atoms with van der Waals surface area (Å²) in [5.74, 6) is -2.11. The van der Waals surface area contributed by atoms with Crippen LogP contribution in [0.2, 0.25) is 0 Å². The van der Waals surface area contributed by atoms with Gasteiger partial charge in [-0.3, -0.25) is 4.79 Å². The molecule has 0 amide bonds. The van der Waals surface area contributed by atoms with Crippen LogP contribution in [0.25, 0.3) is 0 Å². The van der Waals surface area contributed by atoms with E-state index in [0.717, 1.165) is 6.08 Å². The molecule has 0 aromatic carbocycles. The molecule has 0 aromatic heterocycles. The van der Waals surface area contributed by atoms with Crippen molar-refractivity contribution < 1.29 is 36.9 Å². The van der Waals surface area contributed by atoms with E-state index in [4.69, 9.17) is 10.2 Å². The van der Waals surface area contributed by atoms with Gasteiger partial charge >= 0.3 is 11.9 Å². The van der Waals surface area contributed by atoms with Crippen molar-refractivity contribution in [1.82, 2.24) is 0 Å². The summed E-state index contributed by atoms with van der Waals surface area (Å²) in [5, 5.41) is 16.3. The summed E-state index contributed by atoms with van der Waals surface area (Å²) in [7, 11) is 0. The van der Waals surface area contributed by atoms with Crippen molar-refractivity contribution in [2.24, 2.45) is 0 Å². The Bertz CT molecular complexity index is 185. The maximum atomic E-state index is 10.1. The molecule has 0 fully saturated rings. The zero-order valence-electron chi connectivity index (χ0n) is 5.80. The van der Waals surface area contributed by atoms with Crippen LogP contribution in [0.15, 0.2) is 11.6 Å². The fraction of sp³-hybridized carbons (Fsp3) is 0.333. The molecule has 0 spiro atoms. The molecular weight excluding hydrogens is 200 g/mol. The normalized spacial score (nSPS) is 10.1. The standard InChI is InChI=1S/C6H8O4.Cu/c1-4(6(9)10)2-3-5(7)8;/h2H,3H2,1H3,(H,7,8)(H,9,10);. The number of aliphatic carboxylic acids is 2. The van der Waals surface area contributed by atoms with Gasteiger partial charge in [0.1, 0.15) is 0 Å². The SMILES string of the molecule is CC(=CCC(=O)O)C(=O)O.[Cu]. The second-order valence-electron chi connectivity index (χ2n) is 1.79. The maximum Gasteiger partial charge on any atom is 0.330 e. The minimum atomic E-state index is -1.08. The van der Waals surface area contributed by atoms with Gasteiger partial charge in [0, 0.05) is 22.6 Å². The molecule has 67 valence electrons. The number of hydrogen-bond donors (Lipinski definition) is 2. The van der Waals surface area contributed by atoms with Crippen LogP contribution in [0.3, 0.4) is 0 Å². The van der Waals surface area contributed by atoms with Gasteiger partial charge < -0.3 is 10.2 Å². The van der Waals surface area contributed by atoms with Gasteiger partial charge in [-0.25, -0.2) is 4.79 Å². The van der Waals surface area contributed by atoms with Crippen molar-refractivity contribution in [3.8, 4) is 0 Å². The molecule has 0 saturated carbocycles. The summed E-state index contributed by atoms with van der Waals surface area (Å²) < 4.78 is 0. The summed E-state index contributed by atoms with van der Waals surface area (Å²) in [6, 6.07) is 0. The third kappa shape index (κ3) is 7.09. The van der Waals surface area contributed by atoms with Crippen LogP contribution in [0.4, 0.5) is 0 Å². The van der Waals surface area contributed by atoms with Crippen molar-refractivity contribution in [2.45, 2.75) is 13.3 Å². The van der Waals surface area contributed by atoms with Crippen molar-refractivity contribution in [3.63, 3.8) is 0 Å². The fourth-order valence-electron chi connectivity index (χ4n) is 0.328. The number of carboxylic acid groups (broad SMARTS) is 2. The Morgan fingerprint density at radius 1 is 1.36 bits per heavy atom. The Balaban J connectivity index is 0. The van der Waals surface area contributed by atoms with Gasteiger partial charge in [-0.15, -0.1) is 0 Å². The van der Waals surface area contributed by atoms with Crippen molar-refractivity contribution in [1.29, 1.82) is 0 Å². The fourth-order valence-corrected chi connectivity index (χ4v) is 0.328. The van der Waals surface area contributed by atoms with Gasteiger partial charge in [0.25, 0.3) is 0 Å². The molecular formula is C6H8CuO4. The summed E-state index contributed by atoms with van der Waals surface area (Å²) >= 11 is 0.